The zero-order chi connectivity index (χ0) is 21.4. The fraction of sp³-hybridized carbons (Fsp3) is 0.192. The van der Waals surface area contributed by atoms with Crippen molar-refractivity contribution in [2.24, 2.45) is 5.92 Å². The molecule has 0 aromatic heterocycles. The zero-order valence-electron chi connectivity index (χ0n) is 17.1. The van der Waals surface area contributed by atoms with E-state index >= 15 is 0 Å². The van der Waals surface area contributed by atoms with Gasteiger partial charge in [-0.2, -0.15) is 0 Å². The van der Waals surface area contributed by atoms with Crippen molar-refractivity contribution in [2.75, 3.05) is 17.7 Å². The molecule has 156 valence electrons. The minimum Gasteiger partial charge on any atom is -0.497 e. The van der Waals surface area contributed by atoms with E-state index in [-0.39, 0.29) is 23.7 Å². The van der Waals surface area contributed by atoms with Gasteiger partial charge in [0.1, 0.15) is 11.5 Å². The highest BCUT2D eigenvalue weighted by atomic mass is 35.5. The average molecular weight is 431 g/mol. The van der Waals surface area contributed by atoms with Crippen molar-refractivity contribution in [1.29, 1.82) is 0 Å². The Morgan fingerprint density at radius 3 is 2.55 bits per heavy atom. The Morgan fingerprint density at radius 1 is 0.968 bits per heavy atom. The van der Waals surface area contributed by atoms with Gasteiger partial charge in [0.15, 0.2) is 0 Å². The number of methoxy groups -OCH3 is 1. The fourth-order valence-corrected chi connectivity index (χ4v) is 4.87. The molecule has 3 aromatic carbocycles. The van der Waals surface area contributed by atoms with Crippen LogP contribution in [0.25, 0.3) is 0 Å². The Labute approximate surface area is 186 Å². The number of fused-ring (bicyclic) bond motifs is 2. The summed E-state index contributed by atoms with van der Waals surface area (Å²) >= 11 is 6.46. The summed E-state index contributed by atoms with van der Waals surface area (Å²) in [4.78, 5) is 13.6. The van der Waals surface area contributed by atoms with Gasteiger partial charge < -0.3 is 15.4 Å². The first kappa shape index (κ1) is 19.7. The van der Waals surface area contributed by atoms with Crippen LogP contribution in [0.5, 0.6) is 5.75 Å². The number of hydrogen-bond acceptors (Lipinski definition) is 4. The van der Waals surface area contributed by atoms with Crippen molar-refractivity contribution < 1.29 is 9.53 Å². The van der Waals surface area contributed by atoms with Gasteiger partial charge in [-0.3, -0.25) is 4.79 Å². The van der Waals surface area contributed by atoms with Gasteiger partial charge in [-0.1, -0.05) is 60.1 Å². The van der Waals surface area contributed by atoms with Gasteiger partial charge in [0.25, 0.3) is 0 Å². The smallest absolute Gasteiger partial charge is 0.145 e. The van der Waals surface area contributed by atoms with Crippen molar-refractivity contribution in [3.63, 3.8) is 0 Å². The minimum atomic E-state index is -0.335. The van der Waals surface area contributed by atoms with Crippen LogP contribution in [0.4, 0.5) is 11.4 Å². The van der Waals surface area contributed by atoms with E-state index in [9.17, 15) is 4.79 Å². The van der Waals surface area contributed by atoms with Crippen LogP contribution in [0.3, 0.4) is 0 Å². The lowest BCUT2D eigenvalue weighted by atomic mass is 9.76. The maximum atomic E-state index is 13.6. The summed E-state index contributed by atoms with van der Waals surface area (Å²) in [5, 5.41) is 7.85. The molecule has 2 N–H and O–H groups in total. The zero-order valence-corrected chi connectivity index (χ0v) is 17.9. The van der Waals surface area contributed by atoms with Crippen LogP contribution >= 0.6 is 11.6 Å². The van der Waals surface area contributed by atoms with E-state index in [2.05, 4.69) is 16.7 Å². The van der Waals surface area contributed by atoms with Gasteiger partial charge in [-0.05, 0) is 41.5 Å². The average Bonchev–Trinajstić information content (AvgIpc) is 2.96. The normalized spacial score (nSPS) is 22.2. The minimum absolute atomic E-state index is 0.0591. The SMILES string of the molecule is COc1cccc(C2Nc3ccccc3NC3=CC(c4ccccc4Cl)CC(=O)C32)c1. The summed E-state index contributed by atoms with van der Waals surface area (Å²) in [6.45, 7) is 0. The largest absolute Gasteiger partial charge is 0.497 e. The second-order valence-corrected chi connectivity index (χ2v) is 8.37. The van der Waals surface area contributed by atoms with Crippen LogP contribution in [-0.4, -0.2) is 12.9 Å². The first-order valence-corrected chi connectivity index (χ1v) is 10.8. The third-order valence-electron chi connectivity index (χ3n) is 6.09. The molecule has 0 spiro atoms. The number of ether oxygens (including phenoxy) is 1. The van der Waals surface area contributed by atoms with Gasteiger partial charge in [0, 0.05) is 23.1 Å². The second-order valence-electron chi connectivity index (χ2n) is 7.97. The molecule has 1 heterocycles. The molecule has 3 unspecified atom stereocenters. The number of nitrogens with one attached hydrogen (secondary N) is 2. The number of carbonyl (C=O) groups is 1. The number of para-hydroxylation sites is 2. The lowest BCUT2D eigenvalue weighted by Gasteiger charge is -2.32. The molecular formula is C26H23ClN2O2. The van der Waals surface area contributed by atoms with Crippen molar-refractivity contribution in [1.82, 2.24) is 0 Å². The number of hydrogen-bond donors (Lipinski definition) is 2. The van der Waals surface area contributed by atoms with Gasteiger partial charge in [0.2, 0.25) is 0 Å². The molecule has 2 aliphatic rings. The number of Topliss-reactive ketones (excluding diaryl/α,β-unsaturated/α-hetero) is 1. The van der Waals surface area contributed by atoms with Gasteiger partial charge >= 0.3 is 0 Å². The van der Waals surface area contributed by atoms with Crippen LogP contribution in [-0.2, 0) is 4.79 Å². The van der Waals surface area contributed by atoms with E-state index in [0.29, 0.717) is 11.4 Å². The Morgan fingerprint density at radius 2 is 1.74 bits per heavy atom. The molecule has 31 heavy (non-hydrogen) atoms. The summed E-state index contributed by atoms with van der Waals surface area (Å²) in [6.07, 6.45) is 2.59. The number of ketones is 1. The Hall–Kier alpha value is -3.24. The first-order valence-electron chi connectivity index (χ1n) is 10.4. The molecule has 3 aromatic rings. The number of rotatable bonds is 3. The summed E-state index contributed by atoms with van der Waals surface area (Å²) in [5.74, 6) is 0.560. The molecule has 1 aliphatic heterocycles. The van der Waals surface area contributed by atoms with Gasteiger partial charge in [0.05, 0.1) is 30.4 Å². The summed E-state index contributed by atoms with van der Waals surface area (Å²) in [5.41, 5.74) is 4.82. The van der Waals surface area contributed by atoms with Crippen molar-refractivity contribution in [3.8, 4) is 5.75 Å². The summed E-state index contributed by atoms with van der Waals surface area (Å²) in [6, 6.07) is 23.5. The van der Waals surface area contributed by atoms with Crippen molar-refractivity contribution >= 4 is 28.8 Å². The van der Waals surface area contributed by atoms with Crippen LogP contribution in [0, 0.1) is 5.92 Å². The molecule has 0 bridgehead atoms. The monoisotopic (exact) mass is 430 g/mol. The molecule has 0 fully saturated rings. The number of anilines is 2. The Bertz CT molecular complexity index is 1170. The van der Waals surface area contributed by atoms with Crippen LogP contribution < -0.4 is 15.4 Å². The highest BCUT2D eigenvalue weighted by molar-refractivity contribution is 6.31. The van der Waals surface area contributed by atoms with Crippen molar-refractivity contribution in [2.45, 2.75) is 18.4 Å². The maximum absolute atomic E-state index is 13.6. The maximum Gasteiger partial charge on any atom is 0.145 e. The standard InChI is InChI=1S/C26H23ClN2O2/c1-31-18-8-6-7-16(13-18)26-25-23(28-21-11-4-5-12-22(21)29-26)14-17(15-24(25)30)19-9-2-3-10-20(19)27/h2-14,17,25-26,28-29H,15H2,1H3. The number of benzene rings is 3. The third kappa shape index (κ3) is 3.68. The molecule has 0 radical (unpaired) electrons. The molecule has 0 saturated carbocycles. The Balaban J connectivity index is 1.63. The molecule has 5 heteroatoms. The predicted octanol–water partition coefficient (Wildman–Crippen LogP) is 6.18. The highest BCUT2D eigenvalue weighted by Gasteiger charge is 2.40. The predicted molar refractivity (Wildman–Crippen MR) is 125 cm³/mol. The van der Waals surface area contributed by atoms with E-state index < -0.39 is 0 Å². The van der Waals surface area contributed by atoms with Crippen LogP contribution in [0.1, 0.15) is 29.5 Å². The van der Waals surface area contributed by atoms with E-state index in [1.54, 1.807) is 7.11 Å². The lowest BCUT2D eigenvalue weighted by Crippen LogP contribution is -2.33. The summed E-state index contributed by atoms with van der Waals surface area (Å²) < 4.78 is 5.44. The quantitative estimate of drug-likeness (QED) is 0.520. The molecule has 5 rings (SSSR count). The fourth-order valence-electron chi connectivity index (χ4n) is 4.59. The molecule has 1 aliphatic carbocycles. The van der Waals surface area contributed by atoms with Crippen LogP contribution in [0.15, 0.2) is 84.6 Å². The van der Waals surface area contributed by atoms with Crippen molar-refractivity contribution in [3.05, 3.63) is 101 Å². The highest BCUT2D eigenvalue weighted by Crippen LogP contribution is 2.45. The first-order chi connectivity index (χ1) is 15.1. The molecule has 3 atom stereocenters. The number of allylic oxidation sites excluding steroid dienone is 1. The number of carbonyl (C=O) groups excluding carboxylic acids is 1. The summed E-state index contributed by atoms with van der Waals surface area (Å²) in [7, 11) is 1.65. The molecule has 0 saturated heterocycles. The van der Waals surface area contributed by atoms with E-state index in [1.165, 1.54) is 0 Å². The topological polar surface area (TPSA) is 50.4 Å². The number of halogens is 1. The van der Waals surface area contributed by atoms with Gasteiger partial charge in [-0.15, -0.1) is 0 Å². The third-order valence-corrected chi connectivity index (χ3v) is 6.44. The van der Waals surface area contributed by atoms with Gasteiger partial charge in [-0.25, -0.2) is 0 Å². The molecular weight excluding hydrogens is 408 g/mol. The van der Waals surface area contributed by atoms with Crippen LogP contribution in [0.2, 0.25) is 5.02 Å². The van der Waals surface area contributed by atoms with E-state index in [4.69, 9.17) is 16.3 Å². The lowest BCUT2D eigenvalue weighted by molar-refractivity contribution is -0.122. The van der Waals surface area contributed by atoms with E-state index in [1.807, 2.05) is 72.8 Å². The second kappa shape index (κ2) is 8.12. The molecule has 0 amide bonds. The molecule has 4 nitrogen and oxygen atoms in total. The Kier molecular flexibility index (Phi) is 5.16. The van der Waals surface area contributed by atoms with E-state index in [0.717, 1.165) is 33.9 Å².